The number of thiol groups is 2. The summed E-state index contributed by atoms with van der Waals surface area (Å²) in [5.41, 5.74) is 5.81. The van der Waals surface area contributed by atoms with E-state index in [-0.39, 0.29) is 11.5 Å². The maximum atomic E-state index is 12.8. The molecule has 0 aliphatic carbocycles. The number of carboxylic acid groups (broad SMARTS) is 4. The highest BCUT2D eigenvalue weighted by Gasteiger charge is 2.47. The van der Waals surface area contributed by atoms with Gasteiger partial charge in [0.25, 0.3) is 0 Å². The fourth-order valence-corrected chi connectivity index (χ4v) is 4.25. The van der Waals surface area contributed by atoms with E-state index < -0.39 is 140 Å². The molecule has 0 radical (unpaired) electrons. The number of carbonyl (C=O) groups is 10. The largest absolute Gasteiger partial charge is 0.480 e. The van der Waals surface area contributed by atoms with Gasteiger partial charge in [-0.1, -0.05) is 0 Å². The summed E-state index contributed by atoms with van der Waals surface area (Å²) in [4.78, 5) is 119. The number of amides is 4. The minimum Gasteiger partial charge on any atom is -0.480 e. The second kappa shape index (κ2) is 20.1. The lowest BCUT2D eigenvalue weighted by Crippen LogP contribution is -2.59. The minimum absolute atomic E-state index is 0.277. The van der Waals surface area contributed by atoms with Crippen molar-refractivity contribution in [1.29, 1.82) is 0 Å². The molecule has 21 nitrogen and oxygen atoms in total. The molecular formula is C25H38N6O15S2. The molecule has 0 saturated heterocycles. The van der Waals surface area contributed by atoms with Gasteiger partial charge in [0.15, 0.2) is 22.6 Å². The molecule has 0 spiro atoms. The number of Topliss-reactive ketones (excluding diaryl/α,β-unsaturated/α-hetero) is 2. The van der Waals surface area contributed by atoms with Crippen molar-refractivity contribution >= 4 is 84.3 Å². The Morgan fingerprint density at radius 1 is 0.625 bits per heavy atom. The Hall–Kier alpha value is -4.32. The molecule has 23 heteroatoms. The summed E-state index contributed by atoms with van der Waals surface area (Å²) in [5.74, 6) is -13.8. The fourth-order valence-electron chi connectivity index (χ4n) is 3.73. The molecule has 270 valence electrons. The molecule has 5 unspecified atom stereocenters. The summed E-state index contributed by atoms with van der Waals surface area (Å²) < 4.78 is 0. The monoisotopic (exact) mass is 726 g/mol. The molecule has 0 aromatic rings. The fraction of sp³-hybridized carbons (Fsp3) is 0.600. The van der Waals surface area contributed by atoms with E-state index in [1.165, 1.54) is 0 Å². The third-order valence-corrected chi connectivity index (χ3v) is 7.37. The molecule has 0 aliphatic rings. The third kappa shape index (κ3) is 13.8. The van der Waals surface area contributed by atoms with Gasteiger partial charge in [-0.05, 0) is 19.3 Å². The van der Waals surface area contributed by atoms with Gasteiger partial charge in [0.2, 0.25) is 23.6 Å². The first-order valence-electron chi connectivity index (χ1n) is 13.8. The SMILES string of the molecule is NC(CCC(=O)NC(CS)C(=O)NCC(=O)O)(C(=O)O)C(=O)CCC(O)C(=O)C(N)(CCC(=O)NC(CS)C(=O)NCC(=O)O)C(=O)O. The molecule has 0 bridgehead atoms. The van der Waals surface area contributed by atoms with Crippen LogP contribution < -0.4 is 32.7 Å². The highest BCUT2D eigenvalue weighted by Crippen LogP contribution is 2.20. The first-order valence-corrected chi connectivity index (χ1v) is 15.0. The van der Waals surface area contributed by atoms with Crippen LogP contribution in [0.2, 0.25) is 0 Å². The van der Waals surface area contributed by atoms with Crippen LogP contribution in [0.3, 0.4) is 0 Å². The summed E-state index contributed by atoms with van der Waals surface area (Å²) in [6.07, 6.45) is -7.31. The van der Waals surface area contributed by atoms with Crippen LogP contribution in [0.5, 0.6) is 0 Å². The Morgan fingerprint density at radius 2 is 1.00 bits per heavy atom. The van der Waals surface area contributed by atoms with Gasteiger partial charge in [0.05, 0.1) is 0 Å². The van der Waals surface area contributed by atoms with Gasteiger partial charge in [0, 0.05) is 30.8 Å². The van der Waals surface area contributed by atoms with Crippen LogP contribution in [0.25, 0.3) is 0 Å². The molecule has 0 fully saturated rings. The van der Waals surface area contributed by atoms with Crippen molar-refractivity contribution in [3.8, 4) is 0 Å². The molecule has 0 saturated carbocycles. The summed E-state index contributed by atoms with van der Waals surface area (Å²) >= 11 is 7.74. The Labute approximate surface area is 282 Å². The number of hydrogen-bond donors (Lipinski definition) is 13. The number of hydrogen-bond acceptors (Lipinski definition) is 15. The van der Waals surface area contributed by atoms with Crippen molar-refractivity contribution in [2.75, 3.05) is 24.6 Å². The van der Waals surface area contributed by atoms with E-state index in [1.807, 2.05) is 10.6 Å². The number of nitrogens with one attached hydrogen (secondary N) is 4. The Morgan fingerprint density at radius 3 is 1.33 bits per heavy atom. The highest BCUT2D eigenvalue weighted by molar-refractivity contribution is 7.80. The average Bonchev–Trinajstić information content (AvgIpc) is 3.02. The molecule has 0 heterocycles. The number of nitrogens with two attached hydrogens (primary N) is 2. The minimum atomic E-state index is -2.90. The summed E-state index contributed by atoms with van der Waals surface area (Å²) in [5, 5.41) is 55.2. The molecule has 5 atom stereocenters. The maximum Gasteiger partial charge on any atom is 0.331 e. The number of aliphatic carboxylic acids is 4. The summed E-state index contributed by atoms with van der Waals surface area (Å²) in [7, 11) is 0. The lowest BCUT2D eigenvalue weighted by atomic mass is 9.83. The number of carbonyl (C=O) groups excluding carboxylic acids is 6. The van der Waals surface area contributed by atoms with Crippen molar-refractivity contribution in [3.63, 3.8) is 0 Å². The van der Waals surface area contributed by atoms with Gasteiger partial charge in [-0.2, -0.15) is 25.3 Å². The topological polar surface area (TPSA) is 372 Å². The van der Waals surface area contributed by atoms with Crippen molar-refractivity contribution in [2.24, 2.45) is 11.5 Å². The van der Waals surface area contributed by atoms with Crippen LogP contribution in [0.15, 0.2) is 0 Å². The van der Waals surface area contributed by atoms with Gasteiger partial charge in [0.1, 0.15) is 31.3 Å². The maximum absolute atomic E-state index is 12.8. The lowest BCUT2D eigenvalue weighted by Gasteiger charge is -2.27. The van der Waals surface area contributed by atoms with Crippen LogP contribution in [-0.2, 0) is 47.9 Å². The standard InChI is InChI=1S/C25H38N6O15S2/c26-24(22(43)44,5-3-15(34)30-11(9-47)20(41)28-7-17(36)37)14(33)2-1-13(32)19(40)25(27,23(45)46)6-4-16(35)31-12(10-48)21(42)29-8-18(38)39/h11-13,32,47-48H,1-10,26-27H2,(H,28,41)(H,29,42)(H,30,34)(H,31,35)(H,36,37)(H,38,39)(H,43,44)(H,45,46). The first kappa shape index (κ1) is 43.7. The summed E-state index contributed by atoms with van der Waals surface area (Å²) in [6.45, 7) is -1.52. The van der Waals surface area contributed by atoms with Crippen molar-refractivity contribution in [1.82, 2.24) is 21.3 Å². The molecule has 0 rings (SSSR count). The number of ketones is 2. The Kier molecular flexibility index (Phi) is 18.3. The molecule has 0 aromatic heterocycles. The molecule has 4 amide bonds. The number of aliphatic hydroxyl groups is 1. The number of carboxylic acids is 4. The van der Waals surface area contributed by atoms with Gasteiger partial charge < -0.3 is 58.3 Å². The average molecular weight is 727 g/mol. The smallest absolute Gasteiger partial charge is 0.331 e. The zero-order chi connectivity index (χ0) is 37.4. The van der Waals surface area contributed by atoms with E-state index >= 15 is 0 Å². The molecular weight excluding hydrogens is 688 g/mol. The van der Waals surface area contributed by atoms with Gasteiger partial charge >= 0.3 is 23.9 Å². The van der Waals surface area contributed by atoms with Crippen molar-refractivity contribution in [3.05, 3.63) is 0 Å². The molecule has 13 N–H and O–H groups in total. The quantitative estimate of drug-likeness (QED) is 0.0326. The third-order valence-electron chi connectivity index (χ3n) is 6.64. The Balaban J connectivity index is 5.38. The van der Waals surface area contributed by atoms with Crippen LogP contribution in [0.1, 0.15) is 38.5 Å². The Bertz CT molecular complexity index is 1280. The van der Waals surface area contributed by atoms with Gasteiger partial charge in [-0.3, -0.25) is 38.4 Å². The zero-order valence-corrected chi connectivity index (χ0v) is 27.0. The molecule has 0 aliphatic heterocycles. The van der Waals surface area contributed by atoms with Crippen LogP contribution in [0.4, 0.5) is 0 Å². The second-order valence-electron chi connectivity index (χ2n) is 10.2. The number of aliphatic hydroxyl groups excluding tert-OH is 1. The first-order chi connectivity index (χ1) is 22.2. The van der Waals surface area contributed by atoms with E-state index in [0.29, 0.717) is 0 Å². The predicted molar refractivity (Wildman–Crippen MR) is 166 cm³/mol. The van der Waals surface area contributed by atoms with Crippen LogP contribution in [-0.4, -0.2) is 138 Å². The van der Waals surface area contributed by atoms with Crippen molar-refractivity contribution in [2.45, 2.75) is 67.8 Å². The zero-order valence-electron chi connectivity index (χ0n) is 25.2. The molecule has 0 aromatic carbocycles. The van der Waals surface area contributed by atoms with E-state index in [2.05, 4.69) is 35.9 Å². The highest BCUT2D eigenvalue weighted by atomic mass is 32.1. The number of rotatable bonds is 24. The van der Waals surface area contributed by atoms with Crippen LogP contribution in [0, 0.1) is 0 Å². The normalized spacial score (nSPS) is 15.2. The van der Waals surface area contributed by atoms with E-state index in [4.69, 9.17) is 21.7 Å². The van der Waals surface area contributed by atoms with Gasteiger partial charge in [-0.15, -0.1) is 0 Å². The molecule has 48 heavy (non-hydrogen) atoms. The predicted octanol–water partition coefficient (Wildman–Crippen LogP) is -5.38. The van der Waals surface area contributed by atoms with Crippen molar-refractivity contribution < 1.29 is 73.5 Å². The van der Waals surface area contributed by atoms with E-state index in [9.17, 15) is 63.3 Å². The lowest BCUT2D eigenvalue weighted by molar-refractivity contribution is -0.152. The van der Waals surface area contributed by atoms with E-state index in [1.54, 1.807) is 0 Å². The van der Waals surface area contributed by atoms with Crippen LogP contribution >= 0.6 is 25.3 Å². The van der Waals surface area contributed by atoms with E-state index in [0.717, 1.165) is 0 Å². The summed E-state index contributed by atoms with van der Waals surface area (Å²) in [6, 6.07) is -2.66. The second-order valence-corrected chi connectivity index (χ2v) is 11.0. The van der Waals surface area contributed by atoms with Gasteiger partial charge in [-0.25, -0.2) is 9.59 Å².